The normalized spacial score (nSPS) is 19.6. The van der Waals surface area contributed by atoms with Crippen molar-refractivity contribution in [3.63, 3.8) is 0 Å². The van der Waals surface area contributed by atoms with Gasteiger partial charge in [-0.25, -0.2) is 4.79 Å². The standard InChI is InChI=1S/C15H23N3O2/c1-17-9-5-6-11(10-17)18(2)13-8-4-7-12(14(13)16)15(19)20-3/h4,7-8,11H,5-6,9-10,16H2,1-3H3. The predicted octanol–water partition coefficient (Wildman–Crippen LogP) is 1.59. The number of carbonyl (C=O) groups excluding carboxylic acids is 1. The molecule has 1 unspecified atom stereocenters. The van der Waals surface area contributed by atoms with Crippen molar-refractivity contribution in [2.75, 3.05) is 44.9 Å². The van der Waals surface area contributed by atoms with Crippen LogP contribution < -0.4 is 10.6 Å². The van der Waals surface area contributed by atoms with Gasteiger partial charge in [-0.05, 0) is 38.6 Å². The van der Waals surface area contributed by atoms with Gasteiger partial charge in [0.15, 0.2) is 0 Å². The molecule has 0 aliphatic carbocycles. The highest BCUT2D eigenvalue weighted by molar-refractivity contribution is 5.98. The van der Waals surface area contributed by atoms with Gasteiger partial charge in [0.1, 0.15) is 0 Å². The number of ether oxygens (including phenoxy) is 1. The number of anilines is 2. The Kier molecular flexibility index (Phi) is 4.49. The zero-order valence-corrected chi connectivity index (χ0v) is 12.4. The number of hydrogen-bond acceptors (Lipinski definition) is 5. The Morgan fingerprint density at radius 2 is 2.25 bits per heavy atom. The van der Waals surface area contributed by atoms with Gasteiger partial charge in [-0.2, -0.15) is 0 Å². The van der Waals surface area contributed by atoms with Gasteiger partial charge in [0.2, 0.25) is 0 Å². The lowest BCUT2D eigenvalue weighted by atomic mass is 10.0. The summed E-state index contributed by atoms with van der Waals surface area (Å²) in [5.41, 5.74) is 7.97. The van der Waals surface area contributed by atoms with Crippen LogP contribution >= 0.6 is 0 Å². The molecule has 1 atom stereocenters. The molecule has 1 fully saturated rings. The molecule has 0 aromatic heterocycles. The summed E-state index contributed by atoms with van der Waals surface area (Å²) in [4.78, 5) is 16.2. The van der Waals surface area contributed by atoms with Gasteiger partial charge in [0.05, 0.1) is 24.0 Å². The SMILES string of the molecule is COC(=O)c1cccc(N(C)C2CCCN(C)C2)c1N. The highest BCUT2D eigenvalue weighted by Crippen LogP contribution is 2.29. The van der Waals surface area contributed by atoms with Crippen LogP contribution in [0.25, 0.3) is 0 Å². The molecule has 1 saturated heterocycles. The van der Waals surface area contributed by atoms with Crippen LogP contribution in [0.4, 0.5) is 11.4 Å². The quantitative estimate of drug-likeness (QED) is 0.671. The number of esters is 1. The molecule has 0 saturated carbocycles. The second-order valence-electron chi connectivity index (χ2n) is 5.40. The average molecular weight is 277 g/mol. The second-order valence-corrected chi connectivity index (χ2v) is 5.40. The minimum atomic E-state index is -0.390. The number of rotatable bonds is 3. The number of hydrogen-bond donors (Lipinski definition) is 1. The number of methoxy groups -OCH3 is 1. The second kappa shape index (κ2) is 6.13. The van der Waals surface area contributed by atoms with Gasteiger partial charge in [-0.15, -0.1) is 0 Å². The first kappa shape index (κ1) is 14.7. The fourth-order valence-corrected chi connectivity index (χ4v) is 2.80. The molecule has 1 heterocycles. The van der Waals surface area contributed by atoms with Gasteiger partial charge in [-0.1, -0.05) is 6.07 Å². The monoisotopic (exact) mass is 277 g/mol. The van der Waals surface area contributed by atoms with E-state index in [2.05, 4.69) is 16.8 Å². The van der Waals surface area contributed by atoms with E-state index >= 15 is 0 Å². The van der Waals surface area contributed by atoms with Crippen LogP contribution in [0.3, 0.4) is 0 Å². The summed E-state index contributed by atoms with van der Waals surface area (Å²) in [5.74, 6) is -0.390. The van der Waals surface area contributed by atoms with E-state index < -0.39 is 5.97 Å². The molecule has 0 amide bonds. The Morgan fingerprint density at radius 1 is 1.50 bits per heavy atom. The Morgan fingerprint density at radius 3 is 2.90 bits per heavy atom. The number of nitrogens with zero attached hydrogens (tertiary/aromatic N) is 2. The molecule has 0 radical (unpaired) electrons. The topological polar surface area (TPSA) is 58.8 Å². The van der Waals surface area contributed by atoms with E-state index in [0.29, 0.717) is 17.3 Å². The molecular formula is C15H23N3O2. The number of nitrogens with two attached hydrogens (primary N) is 1. The van der Waals surface area contributed by atoms with Crippen LogP contribution in [0.1, 0.15) is 23.2 Å². The molecule has 0 spiro atoms. The molecule has 2 rings (SSSR count). The van der Waals surface area contributed by atoms with Crippen molar-refractivity contribution in [2.45, 2.75) is 18.9 Å². The minimum absolute atomic E-state index is 0.390. The lowest BCUT2D eigenvalue weighted by Gasteiger charge is -2.37. The number of nitrogen functional groups attached to an aromatic ring is 1. The molecule has 20 heavy (non-hydrogen) atoms. The maximum atomic E-state index is 11.7. The maximum absolute atomic E-state index is 11.7. The molecule has 1 aromatic carbocycles. The lowest BCUT2D eigenvalue weighted by Crippen LogP contribution is -2.45. The van der Waals surface area contributed by atoms with Crippen molar-refractivity contribution >= 4 is 17.3 Å². The molecule has 5 heteroatoms. The molecule has 1 aliphatic rings. The van der Waals surface area contributed by atoms with Crippen LogP contribution in [-0.2, 0) is 4.74 Å². The molecule has 1 aliphatic heterocycles. The van der Waals surface area contributed by atoms with Gasteiger partial charge in [0, 0.05) is 19.6 Å². The molecule has 1 aromatic rings. The van der Waals surface area contributed by atoms with E-state index in [-0.39, 0.29) is 0 Å². The summed E-state index contributed by atoms with van der Waals surface area (Å²) in [6.45, 7) is 2.15. The highest BCUT2D eigenvalue weighted by Gasteiger charge is 2.24. The van der Waals surface area contributed by atoms with Crippen molar-refractivity contribution < 1.29 is 9.53 Å². The van der Waals surface area contributed by atoms with Crippen LogP contribution in [-0.4, -0.2) is 51.2 Å². The van der Waals surface area contributed by atoms with Gasteiger partial charge >= 0.3 is 5.97 Å². The van der Waals surface area contributed by atoms with Crippen LogP contribution in [0.2, 0.25) is 0 Å². The van der Waals surface area contributed by atoms with E-state index in [1.54, 1.807) is 6.07 Å². The van der Waals surface area contributed by atoms with E-state index in [1.807, 2.05) is 19.2 Å². The lowest BCUT2D eigenvalue weighted by molar-refractivity contribution is 0.0602. The third-order valence-corrected chi connectivity index (χ3v) is 4.02. The predicted molar refractivity (Wildman–Crippen MR) is 81.1 cm³/mol. The Labute approximate surface area is 120 Å². The molecule has 5 nitrogen and oxygen atoms in total. The maximum Gasteiger partial charge on any atom is 0.340 e. The van der Waals surface area contributed by atoms with Gasteiger partial charge < -0.3 is 20.3 Å². The van der Waals surface area contributed by atoms with E-state index in [1.165, 1.54) is 13.5 Å². The Bertz CT molecular complexity index is 490. The number of para-hydroxylation sites is 1. The molecule has 110 valence electrons. The zero-order valence-electron chi connectivity index (χ0n) is 12.4. The number of likely N-dealkylation sites (tertiary alicyclic amines) is 1. The Hall–Kier alpha value is -1.75. The summed E-state index contributed by atoms with van der Waals surface area (Å²) in [6.07, 6.45) is 2.32. The van der Waals surface area contributed by atoms with E-state index in [0.717, 1.165) is 25.2 Å². The van der Waals surface area contributed by atoms with Gasteiger partial charge in [-0.3, -0.25) is 0 Å². The van der Waals surface area contributed by atoms with Crippen molar-refractivity contribution in [1.82, 2.24) is 4.90 Å². The first-order valence-electron chi connectivity index (χ1n) is 6.92. The summed E-state index contributed by atoms with van der Waals surface area (Å²) < 4.78 is 4.77. The zero-order chi connectivity index (χ0) is 14.7. The van der Waals surface area contributed by atoms with Crippen molar-refractivity contribution in [3.8, 4) is 0 Å². The molecule has 0 bridgehead atoms. The Balaban J connectivity index is 2.25. The van der Waals surface area contributed by atoms with E-state index in [4.69, 9.17) is 10.5 Å². The van der Waals surface area contributed by atoms with Gasteiger partial charge in [0.25, 0.3) is 0 Å². The van der Waals surface area contributed by atoms with Crippen LogP contribution in [0, 0.1) is 0 Å². The first-order chi connectivity index (χ1) is 9.54. The highest BCUT2D eigenvalue weighted by atomic mass is 16.5. The van der Waals surface area contributed by atoms with Crippen LogP contribution in [0.5, 0.6) is 0 Å². The molecule has 2 N–H and O–H groups in total. The number of benzene rings is 1. The van der Waals surface area contributed by atoms with Crippen LogP contribution in [0.15, 0.2) is 18.2 Å². The number of likely N-dealkylation sites (N-methyl/N-ethyl adjacent to an activating group) is 2. The average Bonchev–Trinajstić information content (AvgIpc) is 2.46. The fraction of sp³-hybridized carbons (Fsp3) is 0.533. The van der Waals surface area contributed by atoms with Crippen molar-refractivity contribution in [1.29, 1.82) is 0 Å². The summed E-state index contributed by atoms with van der Waals surface area (Å²) in [5, 5.41) is 0. The fourth-order valence-electron chi connectivity index (χ4n) is 2.80. The minimum Gasteiger partial charge on any atom is -0.465 e. The number of carbonyl (C=O) groups is 1. The smallest absolute Gasteiger partial charge is 0.340 e. The summed E-state index contributed by atoms with van der Waals surface area (Å²) in [7, 11) is 5.54. The largest absolute Gasteiger partial charge is 0.465 e. The number of piperidine rings is 1. The third-order valence-electron chi connectivity index (χ3n) is 4.02. The third kappa shape index (κ3) is 2.88. The summed E-state index contributed by atoms with van der Waals surface area (Å²) in [6, 6.07) is 5.92. The first-order valence-corrected chi connectivity index (χ1v) is 6.92. The summed E-state index contributed by atoms with van der Waals surface area (Å²) >= 11 is 0. The van der Waals surface area contributed by atoms with Crippen molar-refractivity contribution in [2.24, 2.45) is 0 Å². The van der Waals surface area contributed by atoms with Crippen molar-refractivity contribution in [3.05, 3.63) is 23.8 Å². The van der Waals surface area contributed by atoms with E-state index in [9.17, 15) is 4.79 Å². The molecular weight excluding hydrogens is 254 g/mol.